The minimum absolute atomic E-state index is 0.221. The van der Waals surface area contributed by atoms with E-state index in [1.165, 1.54) is 12.2 Å². The number of nitrogens with one attached hydrogen (secondary N) is 1. The van der Waals surface area contributed by atoms with E-state index in [1.54, 1.807) is 0 Å². The molecular formula is C14H26N2O3. The van der Waals surface area contributed by atoms with Crippen LogP contribution in [0.5, 0.6) is 0 Å². The Bertz CT molecular complexity index is 301. The molecule has 0 aromatic carbocycles. The van der Waals surface area contributed by atoms with Gasteiger partial charge in [0.2, 0.25) is 5.91 Å². The standard InChI is InChI=1S/C14H26N2O3/c1-4-5-7-12(14(18)19)8-9-13(17)15-10-6-11-16(2)3/h8-9,12H,4-7,10-11H2,1-3H3,(H,15,17)(H,18,19)/b9-8+. The van der Waals surface area contributed by atoms with Crippen LogP contribution in [-0.4, -0.2) is 49.1 Å². The molecule has 0 aliphatic rings. The molecule has 0 rings (SSSR count). The van der Waals surface area contributed by atoms with Crippen molar-refractivity contribution >= 4 is 11.9 Å². The molecule has 0 heterocycles. The average Bonchev–Trinajstić information content (AvgIpc) is 2.34. The molecular weight excluding hydrogens is 244 g/mol. The van der Waals surface area contributed by atoms with E-state index in [0.29, 0.717) is 13.0 Å². The molecule has 0 saturated carbocycles. The van der Waals surface area contributed by atoms with Crippen molar-refractivity contribution in [1.82, 2.24) is 10.2 Å². The van der Waals surface area contributed by atoms with Gasteiger partial charge in [0, 0.05) is 6.54 Å². The Morgan fingerprint density at radius 1 is 1.32 bits per heavy atom. The van der Waals surface area contributed by atoms with Gasteiger partial charge in [-0.1, -0.05) is 25.8 Å². The summed E-state index contributed by atoms with van der Waals surface area (Å²) in [6.45, 7) is 3.53. The molecule has 0 aromatic rings. The van der Waals surface area contributed by atoms with Gasteiger partial charge in [0.1, 0.15) is 0 Å². The molecule has 0 aliphatic carbocycles. The van der Waals surface area contributed by atoms with Crippen molar-refractivity contribution in [2.75, 3.05) is 27.2 Å². The summed E-state index contributed by atoms with van der Waals surface area (Å²) in [6, 6.07) is 0. The lowest BCUT2D eigenvalue weighted by Gasteiger charge is -2.09. The molecule has 0 aromatic heterocycles. The molecule has 0 saturated heterocycles. The molecule has 0 aliphatic heterocycles. The van der Waals surface area contributed by atoms with E-state index in [0.717, 1.165) is 25.8 Å². The van der Waals surface area contributed by atoms with Gasteiger partial charge >= 0.3 is 5.97 Å². The SMILES string of the molecule is CCCCC(/C=C/C(=O)NCCCN(C)C)C(=O)O. The first-order chi connectivity index (χ1) is 8.97. The van der Waals surface area contributed by atoms with Gasteiger partial charge in [-0.15, -0.1) is 0 Å². The maximum absolute atomic E-state index is 11.5. The summed E-state index contributed by atoms with van der Waals surface area (Å²) in [5.74, 6) is -1.65. The fraction of sp³-hybridized carbons (Fsp3) is 0.714. The predicted octanol–water partition coefficient (Wildman–Crippen LogP) is 1.50. The lowest BCUT2D eigenvalue weighted by atomic mass is 10.0. The molecule has 5 nitrogen and oxygen atoms in total. The lowest BCUT2D eigenvalue weighted by molar-refractivity contribution is -0.140. The second kappa shape index (κ2) is 10.6. The summed E-state index contributed by atoms with van der Waals surface area (Å²) in [4.78, 5) is 24.5. The molecule has 110 valence electrons. The van der Waals surface area contributed by atoms with Crippen LogP contribution in [0.15, 0.2) is 12.2 Å². The fourth-order valence-electron chi connectivity index (χ4n) is 1.60. The van der Waals surface area contributed by atoms with Crippen molar-refractivity contribution in [3.05, 3.63) is 12.2 Å². The van der Waals surface area contributed by atoms with Crippen LogP contribution < -0.4 is 5.32 Å². The summed E-state index contributed by atoms with van der Waals surface area (Å²) in [6.07, 6.45) is 6.09. The van der Waals surface area contributed by atoms with Crippen LogP contribution >= 0.6 is 0 Å². The highest BCUT2D eigenvalue weighted by atomic mass is 16.4. The maximum atomic E-state index is 11.5. The van der Waals surface area contributed by atoms with Crippen LogP contribution in [-0.2, 0) is 9.59 Å². The largest absolute Gasteiger partial charge is 0.481 e. The second-order valence-corrected chi connectivity index (χ2v) is 4.89. The topological polar surface area (TPSA) is 69.6 Å². The van der Waals surface area contributed by atoms with Crippen molar-refractivity contribution in [3.63, 3.8) is 0 Å². The zero-order valence-corrected chi connectivity index (χ0v) is 12.2. The molecule has 0 bridgehead atoms. The van der Waals surface area contributed by atoms with Crippen LogP contribution in [0.1, 0.15) is 32.6 Å². The van der Waals surface area contributed by atoms with Gasteiger partial charge in [-0.05, 0) is 39.6 Å². The summed E-state index contributed by atoms with van der Waals surface area (Å²) >= 11 is 0. The first-order valence-electron chi connectivity index (χ1n) is 6.81. The van der Waals surface area contributed by atoms with Gasteiger partial charge < -0.3 is 15.3 Å². The van der Waals surface area contributed by atoms with Crippen LogP contribution in [0, 0.1) is 5.92 Å². The highest BCUT2D eigenvalue weighted by Gasteiger charge is 2.13. The number of rotatable bonds is 10. The summed E-state index contributed by atoms with van der Waals surface area (Å²) in [7, 11) is 3.96. The number of carbonyl (C=O) groups is 2. The average molecular weight is 270 g/mol. The Hall–Kier alpha value is -1.36. The number of hydrogen-bond donors (Lipinski definition) is 2. The molecule has 2 N–H and O–H groups in total. The zero-order chi connectivity index (χ0) is 14.7. The Balaban J connectivity index is 3.99. The molecule has 1 unspecified atom stereocenters. The number of hydrogen-bond acceptors (Lipinski definition) is 3. The first kappa shape index (κ1) is 17.6. The number of carbonyl (C=O) groups excluding carboxylic acids is 1. The van der Waals surface area contributed by atoms with E-state index in [-0.39, 0.29) is 5.91 Å². The number of carboxylic acid groups (broad SMARTS) is 1. The minimum atomic E-state index is -0.870. The van der Waals surface area contributed by atoms with Crippen molar-refractivity contribution in [2.45, 2.75) is 32.6 Å². The number of carboxylic acids is 1. The van der Waals surface area contributed by atoms with Gasteiger partial charge in [0.15, 0.2) is 0 Å². The van der Waals surface area contributed by atoms with E-state index >= 15 is 0 Å². The number of unbranched alkanes of at least 4 members (excludes halogenated alkanes) is 1. The molecule has 5 heteroatoms. The molecule has 0 radical (unpaired) electrons. The highest BCUT2D eigenvalue weighted by Crippen LogP contribution is 2.10. The van der Waals surface area contributed by atoms with Crippen molar-refractivity contribution in [1.29, 1.82) is 0 Å². The molecule has 19 heavy (non-hydrogen) atoms. The van der Waals surface area contributed by atoms with Crippen LogP contribution in [0.25, 0.3) is 0 Å². The van der Waals surface area contributed by atoms with Gasteiger partial charge in [-0.2, -0.15) is 0 Å². The highest BCUT2D eigenvalue weighted by molar-refractivity contribution is 5.88. The van der Waals surface area contributed by atoms with Gasteiger partial charge in [0.25, 0.3) is 0 Å². The number of nitrogens with zero attached hydrogens (tertiary/aromatic N) is 1. The van der Waals surface area contributed by atoms with Gasteiger partial charge in [-0.25, -0.2) is 0 Å². The lowest BCUT2D eigenvalue weighted by Crippen LogP contribution is -2.25. The van der Waals surface area contributed by atoms with Crippen molar-refractivity contribution < 1.29 is 14.7 Å². The third kappa shape index (κ3) is 10.3. The summed E-state index contributed by atoms with van der Waals surface area (Å²) in [5.41, 5.74) is 0. The van der Waals surface area contributed by atoms with Gasteiger partial charge in [0.05, 0.1) is 5.92 Å². The monoisotopic (exact) mass is 270 g/mol. The zero-order valence-electron chi connectivity index (χ0n) is 12.2. The van der Waals surface area contributed by atoms with E-state index in [9.17, 15) is 9.59 Å². The smallest absolute Gasteiger partial charge is 0.310 e. The van der Waals surface area contributed by atoms with E-state index in [2.05, 4.69) is 5.32 Å². The van der Waals surface area contributed by atoms with Crippen LogP contribution in [0.2, 0.25) is 0 Å². The first-order valence-corrected chi connectivity index (χ1v) is 6.81. The van der Waals surface area contributed by atoms with E-state index < -0.39 is 11.9 Å². The second-order valence-electron chi connectivity index (χ2n) is 4.89. The number of amides is 1. The Labute approximate surface area is 115 Å². The van der Waals surface area contributed by atoms with Crippen molar-refractivity contribution in [3.8, 4) is 0 Å². The molecule has 1 atom stereocenters. The predicted molar refractivity (Wildman–Crippen MR) is 76.0 cm³/mol. The third-order valence-corrected chi connectivity index (χ3v) is 2.75. The fourth-order valence-corrected chi connectivity index (χ4v) is 1.60. The van der Waals surface area contributed by atoms with Crippen molar-refractivity contribution in [2.24, 2.45) is 5.92 Å². The number of aliphatic carboxylic acids is 1. The Kier molecular flexibility index (Phi) is 9.80. The maximum Gasteiger partial charge on any atom is 0.310 e. The van der Waals surface area contributed by atoms with E-state index in [1.807, 2.05) is 25.9 Å². The quantitative estimate of drug-likeness (QED) is 0.466. The Morgan fingerprint density at radius 3 is 2.53 bits per heavy atom. The Morgan fingerprint density at radius 2 is 2.00 bits per heavy atom. The normalized spacial score (nSPS) is 12.8. The minimum Gasteiger partial charge on any atom is -0.481 e. The molecule has 0 fully saturated rings. The van der Waals surface area contributed by atoms with Crippen LogP contribution in [0.3, 0.4) is 0 Å². The summed E-state index contributed by atoms with van der Waals surface area (Å²) in [5, 5.41) is 11.7. The summed E-state index contributed by atoms with van der Waals surface area (Å²) < 4.78 is 0. The third-order valence-electron chi connectivity index (χ3n) is 2.75. The molecule has 1 amide bonds. The van der Waals surface area contributed by atoms with Crippen LogP contribution in [0.4, 0.5) is 0 Å². The van der Waals surface area contributed by atoms with E-state index in [4.69, 9.17) is 5.11 Å². The molecule has 0 spiro atoms. The van der Waals surface area contributed by atoms with Gasteiger partial charge in [-0.3, -0.25) is 9.59 Å².